The second-order valence-electron chi connectivity index (χ2n) is 4.30. The van der Waals surface area contributed by atoms with Gasteiger partial charge in [-0.15, -0.1) is 0 Å². The molecular formula is C15H16NO3S+. The maximum atomic E-state index is 12.3. The Morgan fingerprint density at radius 3 is 2.60 bits per heavy atom. The van der Waals surface area contributed by atoms with Gasteiger partial charge in [-0.25, -0.2) is 13.0 Å². The fourth-order valence-electron chi connectivity index (χ4n) is 1.80. The lowest BCUT2D eigenvalue weighted by Crippen LogP contribution is -2.26. The molecule has 0 atom stereocenters. The van der Waals surface area contributed by atoms with Crippen molar-refractivity contribution in [2.24, 2.45) is 7.05 Å². The number of sulfone groups is 1. The molecule has 104 valence electrons. The van der Waals surface area contributed by atoms with Crippen LogP contribution < -0.4 is 9.30 Å². The van der Waals surface area contributed by atoms with Crippen molar-refractivity contribution in [1.29, 1.82) is 0 Å². The second kappa shape index (κ2) is 5.88. The summed E-state index contributed by atoms with van der Waals surface area (Å²) in [4.78, 5) is 0.166. The molecule has 0 radical (unpaired) electrons. The first-order chi connectivity index (χ1) is 9.53. The predicted molar refractivity (Wildman–Crippen MR) is 76.8 cm³/mol. The first-order valence-corrected chi connectivity index (χ1v) is 7.59. The van der Waals surface area contributed by atoms with Gasteiger partial charge in [-0.2, -0.15) is 0 Å². The van der Waals surface area contributed by atoms with Crippen LogP contribution in [0.1, 0.15) is 5.56 Å². The van der Waals surface area contributed by atoms with Crippen LogP contribution >= 0.6 is 0 Å². The maximum Gasteiger partial charge on any atom is 0.203 e. The van der Waals surface area contributed by atoms with Crippen LogP contribution in [0, 0.1) is 0 Å². The Balaban J connectivity index is 2.36. The highest BCUT2D eigenvalue weighted by molar-refractivity contribution is 7.94. The number of methoxy groups -OCH3 is 1. The first-order valence-electron chi connectivity index (χ1n) is 6.04. The fourth-order valence-corrected chi connectivity index (χ4v) is 2.99. The minimum Gasteiger partial charge on any atom is -0.495 e. The van der Waals surface area contributed by atoms with Crippen molar-refractivity contribution in [2.75, 3.05) is 7.11 Å². The molecule has 4 nitrogen and oxygen atoms in total. The van der Waals surface area contributed by atoms with Crippen LogP contribution in [0.25, 0.3) is 6.08 Å². The molecule has 1 aromatic carbocycles. The van der Waals surface area contributed by atoms with Crippen molar-refractivity contribution in [3.05, 3.63) is 59.8 Å². The number of hydrogen-bond donors (Lipinski definition) is 0. The summed E-state index contributed by atoms with van der Waals surface area (Å²) in [5.41, 5.74) is 0.813. The van der Waals surface area contributed by atoms with E-state index in [0.717, 1.165) is 5.56 Å². The number of pyridine rings is 1. The topological polar surface area (TPSA) is 47.3 Å². The van der Waals surface area contributed by atoms with Crippen LogP contribution in [-0.4, -0.2) is 15.5 Å². The van der Waals surface area contributed by atoms with Crippen LogP contribution in [0.3, 0.4) is 0 Å². The Morgan fingerprint density at radius 1 is 1.15 bits per heavy atom. The Morgan fingerprint density at radius 2 is 1.90 bits per heavy atom. The SMILES string of the molecule is COc1ccccc1S(=O)(=O)/C=C/c1ccc[n+](C)c1. The molecule has 0 spiro atoms. The average Bonchev–Trinajstić information content (AvgIpc) is 2.45. The van der Waals surface area contributed by atoms with E-state index in [0.29, 0.717) is 5.75 Å². The number of aryl methyl sites for hydroxylation is 1. The molecule has 0 fully saturated rings. The maximum absolute atomic E-state index is 12.3. The summed E-state index contributed by atoms with van der Waals surface area (Å²) in [5.74, 6) is 0.343. The van der Waals surface area contributed by atoms with E-state index in [-0.39, 0.29) is 4.90 Å². The minimum atomic E-state index is -3.53. The molecule has 2 aromatic rings. The first kappa shape index (κ1) is 14.3. The number of benzene rings is 1. The van der Waals surface area contributed by atoms with Gasteiger partial charge in [0, 0.05) is 17.0 Å². The summed E-state index contributed by atoms with van der Waals surface area (Å²) < 4.78 is 31.5. The molecule has 0 aliphatic rings. The molecule has 2 rings (SSSR count). The minimum absolute atomic E-state index is 0.166. The number of hydrogen-bond acceptors (Lipinski definition) is 3. The molecule has 0 unspecified atom stereocenters. The molecule has 0 aliphatic heterocycles. The van der Waals surface area contributed by atoms with Gasteiger partial charge in [0.2, 0.25) is 9.84 Å². The summed E-state index contributed by atoms with van der Waals surface area (Å²) in [7, 11) is -0.194. The third-order valence-corrected chi connectivity index (χ3v) is 4.22. The second-order valence-corrected chi connectivity index (χ2v) is 6.10. The van der Waals surface area contributed by atoms with Gasteiger partial charge in [0.15, 0.2) is 12.4 Å². The monoisotopic (exact) mass is 290 g/mol. The Labute approximate surface area is 118 Å². The van der Waals surface area contributed by atoms with Gasteiger partial charge in [-0.05, 0) is 24.3 Å². The summed E-state index contributed by atoms with van der Waals surface area (Å²) >= 11 is 0. The molecule has 0 saturated heterocycles. The lowest BCUT2D eigenvalue weighted by molar-refractivity contribution is -0.671. The largest absolute Gasteiger partial charge is 0.495 e. The highest BCUT2D eigenvalue weighted by Gasteiger charge is 2.15. The van der Waals surface area contributed by atoms with E-state index in [1.165, 1.54) is 18.6 Å². The molecular weight excluding hydrogens is 274 g/mol. The number of rotatable bonds is 4. The van der Waals surface area contributed by atoms with E-state index in [9.17, 15) is 8.42 Å². The van der Waals surface area contributed by atoms with Crippen molar-refractivity contribution in [1.82, 2.24) is 0 Å². The highest BCUT2D eigenvalue weighted by Crippen LogP contribution is 2.24. The predicted octanol–water partition coefficient (Wildman–Crippen LogP) is 1.96. The third-order valence-electron chi connectivity index (χ3n) is 2.78. The number of para-hydroxylation sites is 1. The molecule has 0 N–H and O–H groups in total. The zero-order valence-electron chi connectivity index (χ0n) is 11.4. The molecule has 1 aromatic heterocycles. The standard InChI is InChI=1S/C15H16NO3S/c1-16-10-5-6-13(12-16)9-11-20(17,18)15-8-4-3-7-14(15)19-2/h3-12H,1-2H3/q+1/b11-9+. The average molecular weight is 290 g/mol. The molecule has 5 heteroatoms. The Hall–Kier alpha value is -2.14. The highest BCUT2D eigenvalue weighted by atomic mass is 32.2. The van der Waals surface area contributed by atoms with Crippen LogP contribution in [0.5, 0.6) is 5.75 Å². The third kappa shape index (κ3) is 3.24. The molecule has 0 saturated carbocycles. The van der Waals surface area contributed by atoms with Gasteiger partial charge in [-0.3, -0.25) is 0 Å². The lowest BCUT2D eigenvalue weighted by atomic mass is 10.3. The van der Waals surface area contributed by atoms with Crippen LogP contribution in [-0.2, 0) is 16.9 Å². The number of ether oxygens (including phenoxy) is 1. The molecule has 1 heterocycles. The summed E-state index contributed by atoms with van der Waals surface area (Å²) in [6.45, 7) is 0. The van der Waals surface area contributed by atoms with E-state index in [2.05, 4.69) is 0 Å². The Bertz CT molecular complexity index is 736. The fraction of sp³-hybridized carbons (Fsp3) is 0.133. The zero-order chi connectivity index (χ0) is 14.6. The van der Waals surface area contributed by atoms with Gasteiger partial charge < -0.3 is 4.74 Å². The van der Waals surface area contributed by atoms with Gasteiger partial charge >= 0.3 is 0 Å². The van der Waals surface area contributed by atoms with E-state index >= 15 is 0 Å². The van der Waals surface area contributed by atoms with Gasteiger partial charge in [0.05, 0.1) is 7.11 Å². The van der Waals surface area contributed by atoms with E-state index < -0.39 is 9.84 Å². The number of nitrogens with zero attached hydrogens (tertiary/aromatic N) is 1. The van der Waals surface area contributed by atoms with Crippen molar-refractivity contribution in [3.8, 4) is 5.75 Å². The van der Waals surface area contributed by atoms with Crippen LogP contribution in [0.4, 0.5) is 0 Å². The van der Waals surface area contributed by atoms with E-state index in [1.807, 2.05) is 36.1 Å². The van der Waals surface area contributed by atoms with Gasteiger partial charge in [0.1, 0.15) is 17.7 Å². The quantitative estimate of drug-likeness (QED) is 0.809. The van der Waals surface area contributed by atoms with Gasteiger partial charge in [0.25, 0.3) is 0 Å². The molecule has 0 amide bonds. The summed E-state index contributed by atoms with van der Waals surface area (Å²) in [6.07, 6.45) is 5.29. The van der Waals surface area contributed by atoms with Crippen molar-refractivity contribution in [2.45, 2.75) is 4.90 Å². The Kier molecular flexibility index (Phi) is 4.20. The van der Waals surface area contributed by atoms with Crippen LogP contribution in [0.15, 0.2) is 59.1 Å². The lowest BCUT2D eigenvalue weighted by Gasteiger charge is -2.05. The molecule has 0 aliphatic carbocycles. The molecule has 20 heavy (non-hydrogen) atoms. The van der Waals surface area contributed by atoms with Crippen molar-refractivity contribution < 1.29 is 17.7 Å². The van der Waals surface area contributed by atoms with Gasteiger partial charge in [-0.1, -0.05) is 12.1 Å². The van der Waals surface area contributed by atoms with Crippen molar-refractivity contribution in [3.63, 3.8) is 0 Å². The van der Waals surface area contributed by atoms with Crippen molar-refractivity contribution >= 4 is 15.9 Å². The van der Waals surface area contributed by atoms with E-state index in [1.54, 1.807) is 24.3 Å². The zero-order valence-corrected chi connectivity index (χ0v) is 12.2. The summed E-state index contributed by atoms with van der Waals surface area (Å²) in [5, 5.41) is 1.19. The summed E-state index contributed by atoms with van der Waals surface area (Å²) in [6, 6.07) is 10.3. The normalized spacial score (nSPS) is 11.7. The smallest absolute Gasteiger partial charge is 0.203 e. The van der Waals surface area contributed by atoms with Crippen LogP contribution in [0.2, 0.25) is 0 Å². The molecule has 0 bridgehead atoms. The van der Waals surface area contributed by atoms with E-state index in [4.69, 9.17) is 4.74 Å². The number of aromatic nitrogens is 1.